The molecular formula is C14H23NO. The highest BCUT2D eigenvalue weighted by atomic mass is 16.5. The van der Waals surface area contributed by atoms with Crippen molar-refractivity contribution < 1.29 is 4.74 Å². The monoisotopic (exact) mass is 221 g/mol. The Balaban J connectivity index is 2.29. The first kappa shape index (κ1) is 13.0. The van der Waals surface area contributed by atoms with E-state index in [1.54, 1.807) is 0 Å². The van der Waals surface area contributed by atoms with Crippen LogP contribution in [-0.4, -0.2) is 6.61 Å². The molecule has 16 heavy (non-hydrogen) atoms. The van der Waals surface area contributed by atoms with E-state index < -0.39 is 0 Å². The Kier molecular flexibility index (Phi) is 5.33. The van der Waals surface area contributed by atoms with Crippen molar-refractivity contribution in [2.24, 2.45) is 5.92 Å². The minimum Gasteiger partial charge on any atom is -0.399 e. The van der Waals surface area contributed by atoms with E-state index in [2.05, 4.69) is 19.9 Å². The van der Waals surface area contributed by atoms with Crippen molar-refractivity contribution in [1.82, 2.24) is 0 Å². The molecule has 1 rings (SSSR count). The number of nitrogen functional groups attached to an aromatic ring is 1. The van der Waals surface area contributed by atoms with Gasteiger partial charge in [-0.15, -0.1) is 0 Å². The number of ether oxygens (including phenoxy) is 1. The van der Waals surface area contributed by atoms with Crippen molar-refractivity contribution >= 4 is 5.69 Å². The molecule has 2 nitrogen and oxygen atoms in total. The van der Waals surface area contributed by atoms with Gasteiger partial charge in [-0.2, -0.15) is 0 Å². The first-order valence-corrected chi connectivity index (χ1v) is 6.03. The average Bonchev–Trinajstić information content (AvgIpc) is 2.23. The van der Waals surface area contributed by atoms with Gasteiger partial charge < -0.3 is 10.5 Å². The van der Waals surface area contributed by atoms with Crippen LogP contribution in [0.1, 0.15) is 37.8 Å². The fraction of sp³-hybridized carbons (Fsp3) is 0.571. The zero-order valence-corrected chi connectivity index (χ0v) is 10.6. The van der Waals surface area contributed by atoms with Crippen molar-refractivity contribution in [2.75, 3.05) is 12.3 Å². The molecule has 0 radical (unpaired) electrons. The van der Waals surface area contributed by atoms with Gasteiger partial charge in [0.25, 0.3) is 0 Å². The molecule has 0 unspecified atom stereocenters. The van der Waals surface area contributed by atoms with Crippen LogP contribution in [0.15, 0.2) is 18.2 Å². The molecule has 2 heteroatoms. The minimum absolute atomic E-state index is 0.676. The van der Waals surface area contributed by atoms with Gasteiger partial charge in [0.05, 0.1) is 6.61 Å². The zero-order chi connectivity index (χ0) is 12.0. The molecule has 0 aliphatic heterocycles. The minimum atomic E-state index is 0.676. The summed E-state index contributed by atoms with van der Waals surface area (Å²) in [6.45, 7) is 8.04. The highest BCUT2D eigenvalue weighted by Gasteiger charge is 2.01. The lowest BCUT2D eigenvalue weighted by atomic mass is 10.1. The molecule has 0 spiro atoms. The van der Waals surface area contributed by atoms with E-state index >= 15 is 0 Å². The van der Waals surface area contributed by atoms with Gasteiger partial charge in [-0.3, -0.25) is 0 Å². The van der Waals surface area contributed by atoms with Gasteiger partial charge >= 0.3 is 0 Å². The Morgan fingerprint density at radius 3 is 2.75 bits per heavy atom. The average molecular weight is 221 g/mol. The van der Waals surface area contributed by atoms with E-state index in [-0.39, 0.29) is 0 Å². The molecule has 0 aliphatic rings. The second-order valence-corrected chi connectivity index (χ2v) is 4.72. The molecule has 0 saturated carbocycles. The smallest absolute Gasteiger partial charge is 0.0720 e. The van der Waals surface area contributed by atoms with E-state index in [0.717, 1.165) is 30.2 Å². The van der Waals surface area contributed by atoms with Crippen LogP contribution in [0.2, 0.25) is 0 Å². The molecule has 0 saturated heterocycles. The maximum Gasteiger partial charge on any atom is 0.0720 e. The predicted octanol–water partition coefficient (Wildman–Crippen LogP) is 3.53. The van der Waals surface area contributed by atoms with Crippen molar-refractivity contribution in [3.63, 3.8) is 0 Å². The molecule has 0 aromatic heterocycles. The molecule has 0 fully saturated rings. The predicted molar refractivity (Wildman–Crippen MR) is 69.3 cm³/mol. The van der Waals surface area contributed by atoms with Gasteiger partial charge in [0.15, 0.2) is 0 Å². The van der Waals surface area contributed by atoms with Crippen LogP contribution in [0.25, 0.3) is 0 Å². The standard InChI is InChI=1S/C14H23NO/c1-11(2)6-5-9-16-10-13-7-4-8-14(15)12(13)3/h4,7-8,11H,5-6,9-10,15H2,1-3H3. The van der Waals surface area contributed by atoms with Gasteiger partial charge in [-0.05, 0) is 42.9 Å². The largest absolute Gasteiger partial charge is 0.399 e. The van der Waals surface area contributed by atoms with Crippen LogP contribution in [0, 0.1) is 12.8 Å². The normalized spacial score (nSPS) is 11.0. The van der Waals surface area contributed by atoms with E-state index in [1.165, 1.54) is 12.0 Å². The fourth-order valence-corrected chi connectivity index (χ4v) is 1.64. The third-order valence-corrected chi connectivity index (χ3v) is 2.82. The summed E-state index contributed by atoms with van der Waals surface area (Å²) < 4.78 is 5.65. The van der Waals surface area contributed by atoms with Crippen LogP contribution < -0.4 is 5.73 Å². The highest BCUT2D eigenvalue weighted by molar-refractivity contribution is 5.49. The lowest BCUT2D eigenvalue weighted by Crippen LogP contribution is -2.01. The number of nitrogens with two attached hydrogens (primary N) is 1. The van der Waals surface area contributed by atoms with E-state index in [0.29, 0.717) is 6.61 Å². The van der Waals surface area contributed by atoms with E-state index in [1.807, 2.05) is 19.1 Å². The summed E-state index contributed by atoms with van der Waals surface area (Å²) in [7, 11) is 0. The number of anilines is 1. The van der Waals surface area contributed by atoms with Crippen LogP contribution in [0.5, 0.6) is 0 Å². The Labute approximate surface area is 98.8 Å². The summed E-state index contributed by atoms with van der Waals surface area (Å²) in [5, 5.41) is 0. The molecule has 0 bridgehead atoms. The summed E-state index contributed by atoms with van der Waals surface area (Å²) in [5.74, 6) is 0.762. The molecule has 0 atom stereocenters. The van der Waals surface area contributed by atoms with E-state index in [9.17, 15) is 0 Å². The second-order valence-electron chi connectivity index (χ2n) is 4.72. The second kappa shape index (κ2) is 6.54. The lowest BCUT2D eigenvalue weighted by molar-refractivity contribution is 0.114. The first-order valence-electron chi connectivity index (χ1n) is 6.03. The van der Waals surface area contributed by atoms with Gasteiger partial charge in [0, 0.05) is 12.3 Å². The van der Waals surface area contributed by atoms with Crippen LogP contribution >= 0.6 is 0 Å². The van der Waals surface area contributed by atoms with Crippen molar-refractivity contribution in [3.05, 3.63) is 29.3 Å². The van der Waals surface area contributed by atoms with Crippen LogP contribution in [0.4, 0.5) is 5.69 Å². The molecule has 0 heterocycles. The first-order chi connectivity index (χ1) is 7.61. The fourth-order valence-electron chi connectivity index (χ4n) is 1.64. The molecule has 0 amide bonds. The van der Waals surface area contributed by atoms with Gasteiger partial charge in [0.1, 0.15) is 0 Å². The van der Waals surface area contributed by atoms with Crippen molar-refractivity contribution in [2.45, 2.75) is 40.2 Å². The Morgan fingerprint density at radius 1 is 1.31 bits per heavy atom. The molecular weight excluding hydrogens is 198 g/mol. The molecule has 90 valence electrons. The summed E-state index contributed by atoms with van der Waals surface area (Å²) >= 11 is 0. The Bertz CT molecular complexity index is 321. The maximum atomic E-state index is 5.84. The zero-order valence-electron chi connectivity index (χ0n) is 10.6. The number of benzene rings is 1. The van der Waals surface area contributed by atoms with Crippen LogP contribution in [0.3, 0.4) is 0 Å². The number of hydrogen-bond donors (Lipinski definition) is 1. The Hall–Kier alpha value is -1.02. The molecule has 0 aliphatic carbocycles. The SMILES string of the molecule is Cc1c(N)cccc1COCCCC(C)C. The van der Waals surface area contributed by atoms with Gasteiger partial charge in [-0.25, -0.2) is 0 Å². The molecule has 2 N–H and O–H groups in total. The quantitative estimate of drug-likeness (QED) is 0.589. The maximum absolute atomic E-state index is 5.84. The van der Waals surface area contributed by atoms with Gasteiger partial charge in [0.2, 0.25) is 0 Å². The summed E-state index contributed by atoms with van der Waals surface area (Å²) in [5.41, 5.74) is 9.03. The topological polar surface area (TPSA) is 35.2 Å². The van der Waals surface area contributed by atoms with Gasteiger partial charge in [-0.1, -0.05) is 26.0 Å². The third kappa shape index (κ3) is 4.23. The summed E-state index contributed by atoms with van der Waals surface area (Å²) in [4.78, 5) is 0. The van der Waals surface area contributed by atoms with Crippen molar-refractivity contribution in [3.8, 4) is 0 Å². The number of hydrogen-bond acceptors (Lipinski definition) is 2. The van der Waals surface area contributed by atoms with E-state index in [4.69, 9.17) is 10.5 Å². The Morgan fingerprint density at radius 2 is 2.06 bits per heavy atom. The van der Waals surface area contributed by atoms with Crippen LogP contribution in [-0.2, 0) is 11.3 Å². The number of rotatable bonds is 6. The highest BCUT2D eigenvalue weighted by Crippen LogP contribution is 2.16. The molecule has 1 aromatic rings. The molecule has 1 aromatic carbocycles. The summed E-state index contributed by atoms with van der Waals surface area (Å²) in [6, 6.07) is 5.99. The lowest BCUT2D eigenvalue weighted by Gasteiger charge is -2.09. The third-order valence-electron chi connectivity index (χ3n) is 2.82. The van der Waals surface area contributed by atoms with Crippen molar-refractivity contribution in [1.29, 1.82) is 0 Å². The summed E-state index contributed by atoms with van der Waals surface area (Å²) in [6.07, 6.45) is 2.37.